The second kappa shape index (κ2) is 15.6. The number of carbonyl (C=O) groups is 3. The van der Waals surface area contributed by atoms with E-state index in [-0.39, 0.29) is 24.3 Å². The Hall–Kier alpha value is -4.15. The fourth-order valence-electron chi connectivity index (χ4n) is 6.67. The standard InChI is InChI=1S/C38H54N4O7/c1-11-14-15-16-25-21-38(25,13-3)49-36(45)41-30(19-23(4)5)34(43)42-22-31(24(6)32(42)35(44)48-37(7,8)9)47-33-27(12-2)39-28-18-17-26(46-10)20-29(28)40-33/h11-12,17-18,20,23-25,30-32H,1-2,13-16,19,21-22H2,3-10H3,(H,41,45)/t24-,25?,30+,31+,32+,38?/m1/s1. The number of fused-ring (bicyclic) bond motifs is 1. The number of nitrogens with zero attached hydrogens (tertiary/aromatic N) is 3. The van der Waals surface area contributed by atoms with Crippen LogP contribution in [0, 0.1) is 17.8 Å². The molecular formula is C38H54N4O7. The van der Waals surface area contributed by atoms with Crippen LogP contribution in [0.3, 0.4) is 0 Å². The second-order valence-corrected chi connectivity index (χ2v) is 14.7. The van der Waals surface area contributed by atoms with Gasteiger partial charge >= 0.3 is 12.1 Å². The Kier molecular flexibility index (Phi) is 12.0. The topological polar surface area (TPSA) is 129 Å². The summed E-state index contributed by atoms with van der Waals surface area (Å²) in [6, 6.07) is 3.47. The largest absolute Gasteiger partial charge is 0.497 e. The van der Waals surface area contributed by atoms with Gasteiger partial charge in [0.15, 0.2) is 0 Å². The minimum absolute atomic E-state index is 0.0634. The molecule has 49 heavy (non-hydrogen) atoms. The molecule has 268 valence electrons. The molecule has 11 heteroatoms. The van der Waals surface area contributed by atoms with E-state index in [0.717, 1.165) is 25.7 Å². The van der Waals surface area contributed by atoms with Crippen molar-refractivity contribution in [3.8, 4) is 11.6 Å². The zero-order valence-electron chi connectivity index (χ0n) is 30.4. The summed E-state index contributed by atoms with van der Waals surface area (Å²) >= 11 is 0. The van der Waals surface area contributed by atoms with Crippen molar-refractivity contribution in [1.29, 1.82) is 0 Å². The SMILES string of the molecule is C=CCCCC1CC1(CC)OC(=O)N[C@@H](CC(C)C)C(=O)N1C[C@H](Oc2nc3cc(OC)ccc3nc2C=C)[C@@H](C)[C@H]1C(=O)OC(C)(C)C. The van der Waals surface area contributed by atoms with Crippen molar-refractivity contribution in [3.05, 3.63) is 43.1 Å². The minimum Gasteiger partial charge on any atom is -0.497 e. The Balaban J connectivity index is 1.60. The fourth-order valence-corrected chi connectivity index (χ4v) is 6.67. The van der Waals surface area contributed by atoms with Gasteiger partial charge in [-0.1, -0.05) is 40.3 Å². The number of esters is 1. The van der Waals surface area contributed by atoms with Gasteiger partial charge in [0, 0.05) is 17.9 Å². The molecule has 4 rings (SSSR count). The summed E-state index contributed by atoms with van der Waals surface area (Å²) in [4.78, 5) is 52.4. The number of hydrogen-bond donors (Lipinski definition) is 1. The number of rotatable bonds is 15. The molecule has 0 radical (unpaired) electrons. The molecule has 11 nitrogen and oxygen atoms in total. The van der Waals surface area contributed by atoms with Gasteiger partial charge in [0.05, 0.1) is 24.7 Å². The van der Waals surface area contributed by atoms with Crippen LogP contribution in [0.2, 0.25) is 0 Å². The van der Waals surface area contributed by atoms with E-state index in [9.17, 15) is 14.4 Å². The van der Waals surface area contributed by atoms with Crippen LogP contribution in [0.15, 0.2) is 37.4 Å². The molecule has 1 N–H and O–H groups in total. The molecule has 1 saturated heterocycles. The molecule has 2 fully saturated rings. The molecule has 2 aliphatic rings. The number of allylic oxidation sites excluding steroid dienone is 1. The minimum atomic E-state index is -0.968. The van der Waals surface area contributed by atoms with Crippen molar-refractivity contribution in [2.24, 2.45) is 17.8 Å². The van der Waals surface area contributed by atoms with E-state index < -0.39 is 53.3 Å². The van der Waals surface area contributed by atoms with Gasteiger partial charge < -0.3 is 29.2 Å². The number of likely N-dealkylation sites (tertiary alicyclic amines) is 1. The third-order valence-electron chi connectivity index (χ3n) is 9.38. The Bertz CT molecular complexity index is 1540. The molecule has 2 unspecified atom stereocenters. The molecule has 0 spiro atoms. The van der Waals surface area contributed by atoms with Crippen molar-refractivity contribution in [2.45, 2.75) is 116 Å². The summed E-state index contributed by atoms with van der Waals surface area (Å²) < 4.78 is 23.6. The predicted octanol–water partition coefficient (Wildman–Crippen LogP) is 6.88. The van der Waals surface area contributed by atoms with Crippen LogP contribution in [-0.2, 0) is 19.1 Å². The molecule has 1 aliphatic heterocycles. The summed E-state index contributed by atoms with van der Waals surface area (Å²) in [7, 11) is 1.57. The molecule has 1 saturated carbocycles. The number of amides is 2. The molecule has 1 aromatic heterocycles. The Labute approximate surface area is 290 Å². The zero-order valence-corrected chi connectivity index (χ0v) is 30.4. The molecule has 1 aliphatic carbocycles. The van der Waals surface area contributed by atoms with Gasteiger partial charge in [0.2, 0.25) is 11.8 Å². The first kappa shape index (κ1) is 37.7. The second-order valence-electron chi connectivity index (χ2n) is 14.7. The third-order valence-corrected chi connectivity index (χ3v) is 9.38. The predicted molar refractivity (Wildman–Crippen MR) is 189 cm³/mol. The third kappa shape index (κ3) is 9.10. The van der Waals surface area contributed by atoms with Crippen LogP contribution in [0.5, 0.6) is 11.6 Å². The van der Waals surface area contributed by atoms with E-state index in [0.29, 0.717) is 35.3 Å². The normalized spacial score (nSPS) is 23.9. The number of methoxy groups -OCH3 is 1. The van der Waals surface area contributed by atoms with Crippen molar-refractivity contribution < 1.29 is 33.3 Å². The lowest BCUT2D eigenvalue weighted by molar-refractivity contribution is -0.165. The van der Waals surface area contributed by atoms with Gasteiger partial charge in [-0.15, -0.1) is 6.58 Å². The molecule has 0 bridgehead atoms. The first-order valence-electron chi connectivity index (χ1n) is 17.4. The Morgan fingerprint density at radius 2 is 1.90 bits per heavy atom. The van der Waals surface area contributed by atoms with E-state index in [1.165, 1.54) is 4.90 Å². The van der Waals surface area contributed by atoms with Crippen LogP contribution in [0.1, 0.15) is 92.7 Å². The highest BCUT2D eigenvalue weighted by atomic mass is 16.6. The van der Waals surface area contributed by atoms with Crippen LogP contribution in [-0.4, -0.2) is 75.9 Å². The molecule has 6 atom stereocenters. The Morgan fingerprint density at radius 1 is 1.16 bits per heavy atom. The highest BCUT2D eigenvalue weighted by molar-refractivity contribution is 5.91. The monoisotopic (exact) mass is 678 g/mol. The van der Waals surface area contributed by atoms with Gasteiger partial charge in [-0.05, 0) is 83.4 Å². The van der Waals surface area contributed by atoms with Crippen LogP contribution in [0.25, 0.3) is 17.1 Å². The van der Waals surface area contributed by atoms with Gasteiger partial charge in [0.25, 0.3) is 0 Å². The van der Waals surface area contributed by atoms with Gasteiger partial charge in [-0.2, -0.15) is 0 Å². The van der Waals surface area contributed by atoms with Gasteiger partial charge in [0.1, 0.15) is 40.8 Å². The highest BCUT2D eigenvalue weighted by Crippen LogP contribution is 2.52. The van der Waals surface area contributed by atoms with Crippen molar-refractivity contribution >= 4 is 35.1 Å². The van der Waals surface area contributed by atoms with Crippen molar-refractivity contribution in [3.63, 3.8) is 0 Å². The van der Waals surface area contributed by atoms with Crippen LogP contribution in [0.4, 0.5) is 4.79 Å². The smallest absolute Gasteiger partial charge is 0.408 e. The maximum Gasteiger partial charge on any atom is 0.408 e. The van der Waals surface area contributed by atoms with Crippen LogP contribution >= 0.6 is 0 Å². The number of hydrogen-bond acceptors (Lipinski definition) is 9. The summed E-state index contributed by atoms with van der Waals surface area (Å²) in [6.07, 6.45) is 6.90. The number of unbranched alkanes of at least 4 members (excludes halogenated alkanes) is 1. The van der Waals surface area contributed by atoms with Crippen LogP contribution < -0.4 is 14.8 Å². The van der Waals surface area contributed by atoms with Gasteiger partial charge in [-0.3, -0.25) is 4.79 Å². The van der Waals surface area contributed by atoms with E-state index >= 15 is 0 Å². The van der Waals surface area contributed by atoms with Crippen molar-refractivity contribution in [1.82, 2.24) is 20.2 Å². The van der Waals surface area contributed by atoms with Gasteiger partial charge in [-0.25, -0.2) is 19.6 Å². The van der Waals surface area contributed by atoms with E-state index in [1.807, 2.05) is 33.8 Å². The number of alkyl carbamates (subject to hydrolysis) is 1. The average molecular weight is 679 g/mol. The lowest BCUT2D eigenvalue weighted by Crippen LogP contribution is -2.54. The summed E-state index contributed by atoms with van der Waals surface area (Å²) in [5.74, 6) is -0.244. The first-order chi connectivity index (χ1) is 23.1. The number of carbonyl (C=O) groups excluding carboxylic acids is 3. The number of nitrogens with one attached hydrogen (secondary N) is 1. The first-order valence-corrected chi connectivity index (χ1v) is 17.4. The number of aromatic nitrogens is 2. The number of ether oxygens (including phenoxy) is 4. The quantitative estimate of drug-likeness (QED) is 0.122. The summed E-state index contributed by atoms with van der Waals surface area (Å²) in [6.45, 7) is 20.9. The molecule has 2 aromatic rings. The maximum atomic E-state index is 14.4. The van der Waals surface area contributed by atoms with E-state index in [2.05, 4.69) is 23.5 Å². The number of benzene rings is 1. The summed E-state index contributed by atoms with van der Waals surface area (Å²) in [5, 5.41) is 2.87. The summed E-state index contributed by atoms with van der Waals surface area (Å²) in [5.41, 5.74) is 0.317. The average Bonchev–Trinajstić information content (AvgIpc) is 3.62. The molecule has 2 heterocycles. The molecular weight excluding hydrogens is 624 g/mol. The lowest BCUT2D eigenvalue weighted by atomic mass is 9.99. The molecule has 2 amide bonds. The van der Waals surface area contributed by atoms with E-state index in [4.69, 9.17) is 23.9 Å². The lowest BCUT2D eigenvalue weighted by Gasteiger charge is -2.31. The fraction of sp³-hybridized carbons (Fsp3) is 0.605. The zero-order chi connectivity index (χ0) is 36.1. The molecule has 1 aromatic carbocycles. The van der Waals surface area contributed by atoms with E-state index in [1.54, 1.807) is 52.2 Å². The maximum absolute atomic E-state index is 14.4. The van der Waals surface area contributed by atoms with Crippen molar-refractivity contribution in [2.75, 3.05) is 13.7 Å². The Morgan fingerprint density at radius 3 is 2.51 bits per heavy atom. The highest BCUT2D eigenvalue weighted by Gasteiger charge is 2.56.